The molecule has 2 aromatic rings. The molecule has 0 radical (unpaired) electrons. The van der Waals surface area contributed by atoms with Crippen molar-refractivity contribution in [3.63, 3.8) is 0 Å². The lowest BCUT2D eigenvalue weighted by molar-refractivity contribution is -0.384. The van der Waals surface area contributed by atoms with Crippen molar-refractivity contribution in [1.29, 1.82) is 0 Å². The first kappa shape index (κ1) is 15.0. The number of hydrogen-bond donors (Lipinski definition) is 1. The second kappa shape index (κ2) is 6.43. The van der Waals surface area contributed by atoms with Gasteiger partial charge in [0, 0.05) is 30.9 Å². The lowest BCUT2D eigenvalue weighted by atomic mass is 10.1. The van der Waals surface area contributed by atoms with Crippen LogP contribution in [0.25, 0.3) is 0 Å². The van der Waals surface area contributed by atoms with Crippen LogP contribution in [0.5, 0.6) is 0 Å². The van der Waals surface area contributed by atoms with Crippen LogP contribution in [0.1, 0.15) is 23.2 Å². The molecule has 0 bridgehead atoms. The summed E-state index contributed by atoms with van der Waals surface area (Å²) in [5.74, 6) is -0.0106. The second-order valence-electron chi connectivity index (χ2n) is 5.32. The molecule has 118 valence electrons. The standard InChI is InChI=1S/C16H16N4O3/c21-16(18-15-5-1-2-8-17-15)12-6-7-13(14(11-12)20(22)23)19-9-3-4-10-19/h1-2,5-8,11H,3-4,9-10H2,(H,17,18,21). The molecule has 7 heteroatoms. The van der Waals surface area contributed by atoms with Crippen LogP contribution in [0.4, 0.5) is 17.2 Å². The van der Waals surface area contributed by atoms with E-state index in [2.05, 4.69) is 10.3 Å². The maximum Gasteiger partial charge on any atom is 0.293 e. The molecule has 1 aliphatic heterocycles. The zero-order valence-electron chi connectivity index (χ0n) is 12.4. The van der Waals surface area contributed by atoms with E-state index < -0.39 is 10.8 Å². The summed E-state index contributed by atoms with van der Waals surface area (Å²) in [6.45, 7) is 1.61. The Balaban J connectivity index is 1.87. The first-order valence-electron chi connectivity index (χ1n) is 7.41. The summed E-state index contributed by atoms with van der Waals surface area (Å²) in [6, 6.07) is 9.74. The highest BCUT2D eigenvalue weighted by Crippen LogP contribution is 2.31. The van der Waals surface area contributed by atoms with Gasteiger partial charge in [-0.2, -0.15) is 0 Å². The Labute approximate surface area is 133 Å². The Morgan fingerprint density at radius 2 is 2.00 bits per heavy atom. The minimum atomic E-state index is -0.439. The van der Waals surface area contributed by atoms with Crippen molar-refractivity contribution in [3.05, 3.63) is 58.3 Å². The van der Waals surface area contributed by atoms with Gasteiger partial charge in [0.2, 0.25) is 0 Å². The van der Waals surface area contributed by atoms with Crippen LogP contribution in [0, 0.1) is 10.1 Å². The molecule has 7 nitrogen and oxygen atoms in total. The molecule has 1 aromatic heterocycles. The van der Waals surface area contributed by atoms with Gasteiger partial charge in [-0.3, -0.25) is 14.9 Å². The quantitative estimate of drug-likeness (QED) is 0.692. The van der Waals surface area contributed by atoms with Gasteiger partial charge in [-0.05, 0) is 37.1 Å². The van der Waals surface area contributed by atoms with Gasteiger partial charge in [-0.15, -0.1) is 0 Å². The Morgan fingerprint density at radius 3 is 2.65 bits per heavy atom. The number of hydrogen-bond acceptors (Lipinski definition) is 5. The minimum absolute atomic E-state index is 0.0411. The number of carbonyl (C=O) groups is 1. The number of nitro benzene ring substituents is 1. The fourth-order valence-electron chi connectivity index (χ4n) is 2.66. The number of nitrogens with zero attached hydrogens (tertiary/aromatic N) is 3. The van der Waals surface area contributed by atoms with Gasteiger partial charge >= 0.3 is 0 Å². The number of pyridine rings is 1. The zero-order valence-corrected chi connectivity index (χ0v) is 12.4. The van der Waals surface area contributed by atoms with Crippen LogP contribution >= 0.6 is 0 Å². The molecule has 0 unspecified atom stereocenters. The van der Waals surface area contributed by atoms with Gasteiger partial charge in [0.25, 0.3) is 11.6 Å². The molecule has 1 fully saturated rings. The van der Waals surface area contributed by atoms with Gasteiger partial charge < -0.3 is 10.2 Å². The van der Waals surface area contributed by atoms with E-state index in [1.807, 2.05) is 4.90 Å². The van der Waals surface area contributed by atoms with Crippen LogP contribution in [-0.4, -0.2) is 28.9 Å². The summed E-state index contributed by atoms with van der Waals surface area (Å²) in [7, 11) is 0. The summed E-state index contributed by atoms with van der Waals surface area (Å²) >= 11 is 0. The van der Waals surface area contributed by atoms with E-state index in [1.54, 1.807) is 36.5 Å². The number of carbonyl (C=O) groups excluding carboxylic acids is 1. The van der Waals surface area contributed by atoms with Gasteiger partial charge in [0.05, 0.1) is 4.92 Å². The van der Waals surface area contributed by atoms with Gasteiger partial charge in [-0.25, -0.2) is 4.98 Å². The first-order valence-corrected chi connectivity index (χ1v) is 7.41. The minimum Gasteiger partial charge on any atom is -0.366 e. The Hall–Kier alpha value is -2.96. The van der Waals surface area contributed by atoms with Crippen LogP contribution < -0.4 is 10.2 Å². The number of rotatable bonds is 4. The third-order valence-corrected chi connectivity index (χ3v) is 3.79. The Morgan fingerprint density at radius 1 is 1.22 bits per heavy atom. The number of nitrogens with one attached hydrogen (secondary N) is 1. The SMILES string of the molecule is O=C(Nc1ccccn1)c1ccc(N2CCCC2)c([N+](=O)[O-])c1. The van der Waals surface area contributed by atoms with E-state index in [-0.39, 0.29) is 11.3 Å². The molecular formula is C16H16N4O3. The van der Waals surface area contributed by atoms with Crippen molar-refractivity contribution >= 4 is 23.1 Å². The molecule has 3 rings (SSSR count). The highest BCUT2D eigenvalue weighted by molar-refractivity contribution is 6.04. The zero-order chi connectivity index (χ0) is 16.2. The highest BCUT2D eigenvalue weighted by Gasteiger charge is 2.23. The molecule has 1 amide bonds. The average Bonchev–Trinajstić information content (AvgIpc) is 3.09. The predicted octanol–water partition coefficient (Wildman–Crippen LogP) is 2.84. The number of amides is 1. The topological polar surface area (TPSA) is 88.4 Å². The fourth-order valence-corrected chi connectivity index (χ4v) is 2.66. The molecule has 1 N–H and O–H groups in total. The summed E-state index contributed by atoms with van der Waals surface area (Å²) in [6.07, 6.45) is 3.62. The summed E-state index contributed by atoms with van der Waals surface area (Å²) in [5.41, 5.74) is 0.771. The normalized spacial score (nSPS) is 13.8. The van der Waals surface area contributed by atoms with Gasteiger partial charge in [0.1, 0.15) is 11.5 Å². The molecule has 1 aliphatic rings. The maximum atomic E-state index is 12.2. The third kappa shape index (κ3) is 3.28. The van der Waals surface area contributed by atoms with Crippen LogP contribution in [0.2, 0.25) is 0 Å². The lowest BCUT2D eigenvalue weighted by Crippen LogP contribution is -2.20. The van der Waals surface area contributed by atoms with E-state index in [1.165, 1.54) is 6.07 Å². The highest BCUT2D eigenvalue weighted by atomic mass is 16.6. The Kier molecular flexibility index (Phi) is 4.18. The molecule has 23 heavy (non-hydrogen) atoms. The summed E-state index contributed by atoms with van der Waals surface area (Å²) < 4.78 is 0. The third-order valence-electron chi connectivity index (χ3n) is 3.79. The van der Waals surface area contributed by atoms with Crippen molar-refractivity contribution < 1.29 is 9.72 Å². The largest absolute Gasteiger partial charge is 0.366 e. The molecule has 1 aromatic carbocycles. The molecule has 1 saturated heterocycles. The molecular weight excluding hydrogens is 296 g/mol. The molecule has 0 atom stereocenters. The molecule has 0 aliphatic carbocycles. The van der Waals surface area contributed by atoms with Crippen LogP contribution in [0.15, 0.2) is 42.6 Å². The predicted molar refractivity (Wildman–Crippen MR) is 86.7 cm³/mol. The second-order valence-corrected chi connectivity index (χ2v) is 5.32. The van der Waals surface area contributed by atoms with Gasteiger partial charge in [0.15, 0.2) is 0 Å². The van der Waals surface area contributed by atoms with Crippen molar-refractivity contribution in [2.45, 2.75) is 12.8 Å². The molecule has 0 spiro atoms. The molecule has 0 saturated carbocycles. The van der Waals surface area contributed by atoms with E-state index in [0.29, 0.717) is 11.5 Å². The number of aromatic nitrogens is 1. The monoisotopic (exact) mass is 312 g/mol. The van der Waals surface area contributed by atoms with Crippen molar-refractivity contribution in [2.75, 3.05) is 23.3 Å². The van der Waals surface area contributed by atoms with Gasteiger partial charge in [-0.1, -0.05) is 6.07 Å². The molecule has 2 heterocycles. The fraction of sp³-hybridized carbons (Fsp3) is 0.250. The first-order chi connectivity index (χ1) is 11.1. The van der Waals surface area contributed by atoms with Crippen molar-refractivity contribution in [1.82, 2.24) is 4.98 Å². The average molecular weight is 312 g/mol. The summed E-state index contributed by atoms with van der Waals surface area (Å²) in [4.78, 5) is 29.1. The van der Waals surface area contributed by atoms with Crippen LogP contribution in [-0.2, 0) is 0 Å². The van der Waals surface area contributed by atoms with Crippen molar-refractivity contribution in [2.24, 2.45) is 0 Å². The number of benzene rings is 1. The summed E-state index contributed by atoms with van der Waals surface area (Å²) in [5, 5.41) is 14.0. The smallest absolute Gasteiger partial charge is 0.293 e. The van der Waals surface area contributed by atoms with E-state index in [9.17, 15) is 14.9 Å². The van der Waals surface area contributed by atoms with E-state index >= 15 is 0 Å². The number of nitro groups is 1. The lowest BCUT2D eigenvalue weighted by Gasteiger charge is -2.17. The van der Waals surface area contributed by atoms with E-state index in [0.717, 1.165) is 25.9 Å². The maximum absolute atomic E-state index is 12.2. The number of anilines is 2. The van der Waals surface area contributed by atoms with Crippen molar-refractivity contribution in [3.8, 4) is 0 Å². The Bertz CT molecular complexity index is 727. The van der Waals surface area contributed by atoms with Crippen LogP contribution in [0.3, 0.4) is 0 Å². The van der Waals surface area contributed by atoms with E-state index in [4.69, 9.17) is 0 Å².